The van der Waals surface area contributed by atoms with Gasteiger partial charge in [-0.3, -0.25) is 4.79 Å². The lowest BCUT2D eigenvalue weighted by Gasteiger charge is -2.26. The second-order valence-corrected chi connectivity index (χ2v) is 5.41. The van der Waals surface area contributed by atoms with Gasteiger partial charge in [-0.2, -0.15) is 5.10 Å². The van der Waals surface area contributed by atoms with Gasteiger partial charge in [-0.25, -0.2) is 4.68 Å². The maximum atomic E-state index is 11.9. The van der Waals surface area contributed by atoms with E-state index < -0.39 is 0 Å². The zero-order valence-corrected chi connectivity index (χ0v) is 12.0. The normalized spacial score (nSPS) is 11.6. The highest BCUT2D eigenvalue weighted by Gasteiger charge is 2.18. The van der Waals surface area contributed by atoms with E-state index in [1.54, 1.807) is 6.20 Å². The zero-order valence-electron chi connectivity index (χ0n) is 10.5. The summed E-state index contributed by atoms with van der Waals surface area (Å²) in [6.45, 7) is 7.04. The van der Waals surface area contributed by atoms with Gasteiger partial charge in [0.1, 0.15) is 4.47 Å². The Hall–Kier alpha value is -0.880. The van der Waals surface area contributed by atoms with Gasteiger partial charge in [-0.05, 0) is 36.2 Å². The van der Waals surface area contributed by atoms with Crippen LogP contribution in [0.15, 0.2) is 15.5 Å². The fraction of sp³-hybridized carbons (Fsp3) is 0.636. The third-order valence-corrected chi connectivity index (χ3v) is 3.17. The molecule has 96 valence electrons. The standard InChI is InChI=1S/C11H19BrN4O/c1-4-5-16-10(17)9(12)8(6-14-16)15-11(2,3)7-13/h6,15H,4-5,7,13H2,1-3H3. The quantitative estimate of drug-likeness (QED) is 0.866. The number of nitrogens with one attached hydrogen (secondary N) is 1. The van der Waals surface area contributed by atoms with Crippen LogP contribution < -0.4 is 16.6 Å². The Labute approximate surface area is 110 Å². The molecule has 1 aromatic heterocycles. The van der Waals surface area contributed by atoms with E-state index in [0.29, 0.717) is 23.2 Å². The average Bonchev–Trinajstić information content (AvgIpc) is 2.29. The number of hydrogen-bond acceptors (Lipinski definition) is 4. The zero-order chi connectivity index (χ0) is 13.1. The predicted octanol–water partition coefficient (Wildman–Crippen LogP) is 1.56. The Morgan fingerprint density at radius 2 is 2.24 bits per heavy atom. The van der Waals surface area contributed by atoms with Crippen molar-refractivity contribution in [2.75, 3.05) is 11.9 Å². The van der Waals surface area contributed by atoms with E-state index in [0.717, 1.165) is 6.42 Å². The Morgan fingerprint density at radius 3 is 2.76 bits per heavy atom. The van der Waals surface area contributed by atoms with Crippen molar-refractivity contribution >= 4 is 21.6 Å². The molecule has 0 saturated heterocycles. The summed E-state index contributed by atoms with van der Waals surface area (Å²) >= 11 is 3.31. The second kappa shape index (κ2) is 5.64. The molecule has 0 bridgehead atoms. The van der Waals surface area contributed by atoms with Gasteiger partial charge in [-0.1, -0.05) is 6.92 Å². The summed E-state index contributed by atoms with van der Waals surface area (Å²) in [5, 5.41) is 7.32. The Bertz CT molecular complexity index is 442. The summed E-state index contributed by atoms with van der Waals surface area (Å²) in [7, 11) is 0. The highest BCUT2D eigenvalue weighted by Crippen LogP contribution is 2.20. The number of rotatable bonds is 5. The van der Waals surface area contributed by atoms with Crippen LogP contribution in [0, 0.1) is 0 Å². The van der Waals surface area contributed by atoms with Crippen LogP contribution in [-0.4, -0.2) is 21.9 Å². The first kappa shape index (κ1) is 14.2. The molecule has 17 heavy (non-hydrogen) atoms. The smallest absolute Gasteiger partial charge is 0.283 e. The van der Waals surface area contributed by atoms with E-state index in [-0.39, 0.29) is 11.1 Å². The summed E-state index contributed by atoms with van der Waals surface area (Å²) < 4.78 is 1.95. The predicted molar refractivity (Wildman–Crippen MR) is 73.2 cm³/mol. The molecule has 0 fully saturated rings. The minimum Gasteiger partial charge on any atom is -0.377 e. The van der Waals surface area contributed by atoms with Gasteiger partial charge in [0.2, 0.25) is 0 Å². The van der Waals surface area contributed by atoms with Crippen LogP contribution in [0.3, 0.4) is 0 Å². The van der Waals surface area contributed by atoms with Crippen molar-refractivity contribution in [2.45, 2.75) is 39.3 Å². The summed E-state index contributed by atoms with van der Waals surface area (Å²) in [6, 6.07) is 0. The van der Waals surface area contributed by atoms with Crippen molar-refractivity contribution in [1.82, 2.24) is 9.78 Å². The van der Waals surface area contributed by atoms with Crippen molar-refractivity contribution in [2.24, 2.45) is 5.73 Å². The Balaban J connectivity index is 3.05. The minimum atomic E-state index is -0.270. The van der Waals surface area contributed by atoms with Gasteiger partial charge in [0.25, 0.3) is 5.56 Å². The van der Waals surface area contributed by atoms with E-state index in [2.05, 4.69) is 26.3 Å². The number of nitrogens with zero attached hydrogens (tertiary/aromatic N) is 2. The molecule has 0 saturated carbocycles. The number of aromatic nitrogens is 2. The number of hydrogen-bond donors (Lipinski definition) is 2. The van der Waals surface area contributed by atoms with Gasteiger partial charge in [0.05, 0.1) is 11.9 Å². The summed E-state index contributed by atoms with van der Waals surface area (Å²) in [5.41, 5.74) is 5.93. The van der Waals surface area contributed by atoms with Crippen LogP contribution in [0.2, 0.25) is 0 Å². The summed E-state index contributed by atoms with van der Waals surface area (Å²) in [6.07, 6.45) is 2.53. The molecule has 0 aromatic carbocycles. The molecule has 0 amide bonds. The van der Waals surface area contributed by atoms with Crippen LogP contribution in [0.4, 0.5) is 5.69 Å². The van der Waals surface area contributed by atoms with E-state index in [1.807, 2.05) is 20.8 Å². The lowest BCUT2D eigenvalue weighted by Crippen LogP contribution is -2.40. The second-order valence-electron chi connectivity index (χ2n) is 4.61. The van der Waals surface area contributed by atoms with Crippen molar-refractivity contribution in [3.63, 3.8) is 0 Å². The van der Waals surface area contributed by atoms with E-state index in [4.69, 9.17) is 5.73 Å². The van der Waals surface area contributed by atoms with Crippen LogP contribution in [-0.2, 0) is 6.54 Å². The highest BCUT2D eigenvalue weighted by atomic mass is 79.9. The molecule has 0 spiro atoms. The maximum absolute atomic E-state index is 11.9. The lowest BCUT2D eigenvalue weighted by molar-refractivity contribution is 0.556. The monoisotopic (exact) mass is 302 g/mol. The maximum Gasteiger partial charge on any atom is 0.283 e. The Kier molecular flexibility index (Phi) is 4.70. The summed E-state index contributed by atoms with van der Waals surface area (Å²) in [4.78, 5) is 11.9. The van der Waals surface area contributed by atoms with Gasteiger partial charge in [-0.15, -0.1) is 0 Å². The van der Waals surface area contributed by atoms with Gasteiger partial charge < -0.3 is 11.1 Å². The molecule has 0 atom stereocenters. The van der Waals surface area contributed by atoms with Gasteiger partial charge in [0, 0.05) is 18.6 Å². The number of nitrogens with two attached hydrogens (primary N) is 1. The molecule has 1 heterocycles. The molecule has 1 rings (SSSR count). The van der Waals surface area contributed by atoms with Crippen LogP contribution in [0.25, 0.3) is 0 Å². The Morgan fingerprint density at radius 1 is 1.59 bits per heavy atom. The molecule has 0 unspecified atom stereocenters. The molecule has 0 aliphatic rings. The van der Waals surface area contributed by atoms with E-state index >= 15 is 0 Å². The largest absolute Gasteiger partial charge is 0.377 e. The number of halogens is 1. The topological polar surface area (TPSA) is 72.9 Å². The van der Waals surface area contributed by atoms with Crippen LogP contribution >= 0.6 is 15.9 Å². The molecule has 5 nitrogen and oxygen atoms in total. The van der Waals surface area contributed by atoms with Crippen LogP contribution in [0.1, 0.15) is 27.2 Å². The highest BCUT2D eigenvalue weighted by molar-refractivity contribution is 9.10. The molecule has 3 N–H and O–H groups in total. The van der Waals surface area contributed by atoms with Gasteiger partial charge >= 0.3 is 0 Å². The molecular formula is C11H19BrN4O. The van der Waals surface area contributed by atoms with Crippen molar-refractivity contribution in [3.05, 3.63) is 21.0 Å². The third kappa shape index (κ3) is 3.54. The number of anilines is 1. The molecule has 0 radical (unpaired) electrons. The van der Waals surface area contributed by atoms with E-state index in [1.165, 1.54) is 4.68 Å². The van der Waals surface area contributed by atoms with Gasteiger partial charge in [0.15, 0.2) is 0 Å². The molecule has 0 aliphatic heterocycles. The molecule has 0 aliphatic carbocycles. The molecule has 6 heteroatoms. The first-order valence-corrected chi connectivity index (χ1v) is 6.44. The fourth-order valence-electron chi connectivity index (χ4n) is 1.34. The first-order chi connectivity index (χ1) is 7.91. The van der Waals surface area contributed by atoms with E-state index in [9.17, 15) is 4.79 Å². The first-order valence-electron chi connectivity index (χ1n) is 5.65. The number of aryl methyl sites for hydroxylation is 1. The van der Waals surface area contributed by atoms with Crippen molar-refractivity contribution < 1.29 is 0 Å². The molecule has 1 aromatic rings. The van der Waals surface area contributed by atoms with Crippen molar-refractivity contribution in [3.8, 4) is 0 Å². The molecular weight excluding hydrogens is 284 g/mol. The average molecular weight is 303 g/mol. The minimum absolute atomic E-state index is 0.121. The third-order valence-electron chi connectivity index (χ3n) is 2.40. The fourth-order valence-corrected chi connectivity index (χ4v) is 1.75. The SMILES string of the molecule is CCCn1ncc(NC(C)(C)CN)c(Br)c1=O. The lowest BCUT2D eigenvalue weighted by atomic mass is 10.1. The summed E-state index contributed by atoms with van der Waals surface area (Å²) in [5.74, 6) is 0. The van der Waals surface area contributed by atoms with Crippen LogP contribution in [0.5, 0.6) is 0 Å². The van der Waals surface area contributed by atoms with Crippen molar-refractivity contribution in [1.29, 1.82) is 0 Å².